The van der Waals surface area contributed by atoms with Gasteiger partial charge < -0.3 is 15.0 Å². The second-order valence-corrected chi connectivity index (χ2v) is 5.00. The average molecular weight is 222 g/mol. The number of aliphatic hydroxyl groups excluding tert-OH is 1. The van der Waals surface area contributed by atoms with E-state index in [4.69, 9.17) is 0 Å². The van der Waals surface area contributed by atoms with Crippen LogP contribution >= 0.6 is 0 Å². The standard InChI is InChI=1S/C12H18N2O2/c1-12(2)8-9(15)5-7-14(12)11(16)10-4-3-6-13-10/h3-4,6,9,13,15H,5,7-8H2,1-2H3. The molecule has 16 heavy (non-hydrogen) atoms. The molecule has 2 rings (SSSR count). The molecule has 1 atom stereocenters. The van der Waals surface area contributed by atoms with E-state index >= 15 is 0 Å². The summed E-state index contributed by atoms with van der Waals surface area (Å²) < 4.78 is 0. The molecule has 1 fully saturated rings. The lowest BCUT2D eigenvalue weighted by Crippen LogP contribution is -2.54. The van der Waals surface area contributed by atoms with Gasteiger partial charge in [0.25, 0.3) is 5.91 Å². The number of piperidine rings is 1. The van der Waals surface area contributed by atoms with Crippen molar-refractivity contribution in [2.24, 2.45) is 0 Å². The first kappa shape index (κ1) is 11.2. The van der Waals surface area contributed by atoms with Gasteiger partial charge in [0, 0.05) is 18.3 Å². The number of aromatic nitrogens is 1. The second kappa shape index (κ2) is 3.94. The van der Waals surface area contributed by atoms with Crippen molar-refractivity contribution in [3.63, 3.8) is 0 Å². The van der Waals surface area contributed by atoms with E-state index in [1.807, 2.05) is 24.8 Å². The maximum atomic E-state index is 12.2. The van der Waals surface area contributed by atoms with E-state index in [2.05, 4.69) is 4.98 Å². The number of aliphatic hydroxyl groups is 1. The fourth-order valence-electron chi connectivity index (χ4n) is 2.35. The highest BCUT2D eigenvalue weighted by Crippen LogP contribution is 2.28. The van der Waals surface area contributed by atoms with Crippen molar-refractivity contribution in [3.05, 3.63) is 24.0 Å². The Morgan fingerprint density at radius 3 is 2.94 bits per heavy atom. The average Bonchev–Trinajstić information content (AvgIpc) is 2.67. The third kappa shape index (κ3) is 1.97. The molecule has 1 amide bonds. The van der Waals surface area contributed by atoms with Gasteiger partial charge in [-0.2, -0.15) is 0 Å². The van der Waals surface area contributed by atoms with E-state index < -0.39 is 0 Å². The van der Waals surface area contributed by atoms with Gasteiger partial charge in [-0.1, -0.05) is 0 Å². The van der Waals surface area contributed by atoms with Gasteiger partial charge in [-0.25, -0.2) is 0 Å². The molecule has 4 heteroatoms. The Morgan fingerprint density at radius 1 is 1.62 bits per heavy atom. The Labute approximate surface area is 95.3 Å². The van der Waals surface area contributed by atoms with Crippen LogP contribution in [0.5, 0.6) is 0 Å². The van der Waals surface area contributed by atoms with Gasteiger partial charge in [0.2, 0.25) is 0 Å². The Morgan fingerprint density at radius 2 is 2.38 bits per heavy atom. The van der Waals surface area contributed by atoms with Gasteiger partial charge in [0.15, 0.2) is 0 Å². The second-order valence-electron chi connectivity index (χ2n) is 5.00. The van der Waals surface area contributed by atoms with Crippen molar-refractivity contribution in [3.8, 4) is 0 Å². The van der Waals surface area contributed by atoms with Gasteiger partial charge in [0.05, 0.1) is 6.10 Å². The molecular formula is C12H18N2O2. The highest BCUT2D eigenvalue weighted by molar-refractivity contribution is 5.93. The fraction of sp³-hybridized carbons (Fsp3) is 0.583. The number of aromatic amines is 1. The van der Waals surface area contributed by atoms with E-state index in [1.54, 1.807) is 12.3 Å². The van der Waals surface area contributed by atoms with E-state index in [0.29, 0.717) is 25.1 Å². The Hall–Kier alpha value is -1.29. The summed E-state index contributed by atoms with van der Waals surface area (Å²) >= 11 is 0. The summed E-state index contributed by atoms with van der Waals surface area (Å²) in [7, 11) is 0. The lowest BCUT2D eigenvalue weighted by Gasteiger charge is -2.44. The highest BCUT2D eigenvalue weighted by atomic mass is 16.3. The molecular weight excluding hydrogens is 204 g/mol. The summed E-state index contributed by atoms with van der Waals surface area (Å²) in [6.07, 6.45) is 2.76. The number of carbonyl (C=O) groups is 1. The molecule has 1 aromatic heterocycles. The SMILES string of the molecule is CC1(C)CC(O)CCN1C(=O)c1ccc[nH]1. The van der Waals surface area contributed by atoms with Crippen LogP contribution in [0.15, 0.2) is 18.3 Å². The minimum atomic E-state index is -0.289. The van der Waals surface area contributed by atoms with Crippen LogP contribution in [0.1, 0.15) is 37.2 Å². The fourth-order valence-corrected chi connectivity index (χ4v) is 2.35. The van der Waals surface area contributed by atoms with Crippen LogP contribution in [-0.2, 0) is 0 Å². The maximum absolute atomic E-state index is 12.2. The van der Waals surface area contributed by atoms with E-state index in [1.165, 1.54) is 0 Å². The summed E-state index contributed by atoms with van der Waals surface area (Å²) in [4.78, 5) is 17.0. The molecule has 0 aromatic carbocycles. The van der Waals surface area contributed by atoms with Gasteiger partial charge in [-0.05, 0) is 38.8 Å². The van der Waals surface area contributed by atoms with Crippen LogP contribution in [-0.4, -0.2) is 39.1 Å². The molecule has 0 spiro atoms. The number of nitrogens with one attached hydrogen (secondary N) is 1. The summed E-state index contributed by atoms with van der Waals surface area (Å²) in [5.41, 5.74) is 0.337. The van der Waals surface area contributed by atoms with Crippen LogP contribution in [0.4, 0.5) is 0 Å². The summed E-state index contributed by atoms with van der Waals surface area (Å²) in [6, 6.07) is 3.60. The number of rotatable bonds is 1. The minimum absolute atomic E-state index is 0.0156. The molecule has 2 heterocycles. The van der Waals surface area contributed by atoms with Crippen LogP contribution in [0, 0.1) is 0 Å². The molecule has 1 aliphatic rings. The van der Waals surface area contributed by atoms with Crippen LogP contribution < -0.4 is 0 Å². The van der Waals surface area contributed by atoms with Crippen molar-refractivity contribution in [2.45, 2.75) is 38.3 Å². The summed E-state index contributed by atoms with van der Waals surface area (Å²) in [6.45, 7) is 4.61. The van der Waals surface area contributed by atoms with Crippen molar-refractivity contribution >= 4 is 5.91 Å². The van der Waals surface area contributed by atoms with Crippen LogP contribution in [0.3, 0.4) is 0 Å². The third-order valence-corrected chi connectivity index (χ3v) is 3.23. The number of H-pyrrole nitrogens is 1. The molecule has 0 aliphatic carbocycles. The quantitative estimate of drug-likeness (QED) is 0.754. The lowest BCUT2D eigenvalue weighted by molar-refractivity contribution is 0.00297. The highest BCUT2D eigenvalue weighted by Gasteiger charge is 2.37. The predicted octanol–water partition coefficient (Wildman–Crippen LogP) is 1.39. The molecule has 1 aliphatic heterocycles. The first-order valence-corrected chi connectivity index (χ1v) is 5.64. The monoisotopic (exact) mass is 222 g/mol. The number of carbonyl (C=O) groups excluding carboxylic acids is 1. The maximum Gasteiger partial charge on any atom is 0.270 e. The summed E-state index contributed by atoms with van der Waals surface area (Å²) in [5, 5.41) is 9.63. The summed E-state index contributed by atoms with van der Waals surface area (Å²) in [5.74, 6) is 0.0156. The lowest BCUT2D eigenvalue weighted by atomic mass is 9.88. The topological polar surface area (TPSA) is 56.3 Å². The molecule has 2 N–H and O–H groups in total. The van der Waals surface area contributed by atoms with Gasteiger partial charge >= 0.3 is 0 Å². The molecule has 1 unspecified atom stereocenters. The first-order chi connectivity index (χ1) is 7.50. The number of likely N-dealkylation sites (tertiary alicyclic amines) is 1. The molecule has 0 radical (unpaired) electrons. The Balaban J connectivity index is 2.18. The van der Waals surface area contributed by atoms with Gasteiger partial charge in [0.1, 0.15) is 5.69 Å². The van der Waals surface area contributed by atoms with Crippen LogP contribution in [0.2, 0.25) is 0 Å². The zero-order chi connectivity index (χ0) is 11.8. The Kier molecular flexibility index (Phi) is 2.76. The van der Waals surface area contributed by atoms with Gasteiger partial charge in [-0.3, -0.25) is 4.79 Å². The normalized spacial score (nSPS) is 24.4. The molecule has 88 valence electrons. The number of nitrogens with zero attached hydrogens (tertiary/aromatic N) is 1. The Bertz CT molecular complexity index is 370. The largest absolute Gasteiger partial charge is 0.393 e. The molecule has 1 saturated heterocycles. The predicted molar refractivity (Wildman–Crippen MR) is 61.1 cm³/mol. The zero-order valence-corrected chi connectivity index (χ0v) is 9.73. The molecule has 4 nitrogen and oxygen atoms in total. The van der Waals surface area contributed by atoms with Crippen molar-refractivity contribution < 1.29 is 9.90 Å². The van der Waals surface area contributed by atoms with E-state index in [9.17, 15) is 9.90 Å². The van der Waals surface area contributed by atoms with E-state index in [0.717, 1.165) is 0 Å². The molecule has 0 bridgehead atoms. The number of hydrogen-bond acceptors (Lipinski definition) is 2. The smallest absolute Gasteiger partial charge is 0.270 e. The first-order valence-electron chi connectivity index (χ1n) is 5.64. The van der Waals surface area contributed by atoms with Crippen molar-refractivity contribution in [2.75, 3.05) is 6.54 Å². The van der Waals surface area contributed by atoms with Crippen LogP contribution in [0.25, 0.3) is 0 Å². The molecule has 1 aromatic rings. The minimum Gasteiger partial charge on any atom is -0.393 e. The van der Waals surface area contributed by atoms with Crippen molar-refractivity contribution in [1.29, 1.82) is 0 Å². The third-order valence-electron chi connectivity index (χ3n) is 3.23. The number of amides is 1. The molecule has 0 saturated carbocycles. The van der Waals surface area contributed by atoms with Crippen molar-refractivity contribution in [1.82, 2.24) is 9.88 Å². The van der Waals surface area contributed by atoms with Gasteiger partial charge in [-0.15, -0.1) is 0 Å². The van der Waals surface area contributed by atoms with E-state index in [-0.39, 0.29) is 17.6 Å². The zero-order valence-electron chi connectivity index (χ0n) is 9.73. The number of hydrogen-bond donors (Lipinski definition) is 2.